The molecule has 0 aliphatic heterocycles. The minimum atomic E-state index is -0.295. The first-order valence-corrected chi connectivity index (χ1v) is 7.19. The molecule has 2 heterocycles. The lowest BCUT2D eigenvalue weighted by Crippen LogP contribution is -2.31. The fourth-order valence-electron chi connectivity index (χ4n) is 1.88. The number of halogens is 1. The summed E-state index contributed by atoms with van der Waals surface area (Å²) in [6.07, 6.45) is 4.64. The second-order valence-electron chi connectivity index (χ2n) is 4.43. The van der Waals surface area contributed by atoms with E-state index >= 15 is 0 Å². The van der Waals surface area contributed by atoms with Crippen LogP contribution in [0.25, 0.3) is 0 Å². The van der Waals surface area contributed by atoms with Crippen LogP contribution >= 0.6 is 12.2 Å². The number of aromatic nitrogens is 2. The molecular formula is C15H17FN4S. The van der Waals surface area contributed by atoms with Gasteiger partial charge < -0.3 is 10.6 Å². The minimum Gasteiger partial charge on any atom is -0.362 e. The van der Waals surface area contributed by atoms with E-state index in [0.717, 1.165) is 17.8 Å². The molecule has 0 unspecified atom stereocenters. The Labute approximate surface area is 128 Å². The van der Waals surface area contributed by atoms with Crippen LogP contribution in [0.15, 0.2) is 36.7 Å². The van der Waals surface area contributed by atoms with Crippen molar-refractivity contribution >= 4 is 23.1 Å². The zero-order valence-electron chi connectivity index (χ0n) is 11.8. The average Bonchev–Trinajstić information content (AvgIpc) is 2.50. The normalized spacial score (nSPS) is 10.2. The van der Waals surface area contributed by atoms with E-state index in [9.17, 15) is 4.39 Å². The Bertz CT molecular complexity index is 618. The van der Waals surface area contributed by atoms with E-state index in [1.165, 1.54) is 6.07 Å². The first kappa shape index (κ1) is 15.3. The van der Waals surface area contributed by atoms with E-state index < -0.39 is 0 Å². The molecule has 2 aromatic rings. The summed E-state index contributed by atoms with van der Waals surface area (Å²) in [5.74, 6) is 0.456. The predicted octanol–water partition coefficient (Wildman–Crippen LogP) is 2.71. The summed E-state index contributed by atoms with van der Waals surface area (Å²) in [5.41, 5.74) is 1.53. The SMILES string of the molecule is CCc1cccnc1NC(=S)NCCc1ncccc1F. The maximum Gasteiger partial charge on any atom is 0.171 e. The first-order chi connectivity index (χ1) is 10.2. The number of aryl methyl sites for hydroxylation is 1. The molecule has 0 saturated carbocycles. The molecular weight excluding hydrogens is 287 g/mol. The number of pyridine rings is 2. The van der Waals surface area contributed by atoms with Crippen LogP contribution in [0.5, 0.6) is 0 Å². The van der Waals surface area contributed by atoms with E-state index in [-0.39, 0.29) is 5.82 Å². The maximum absolute atomic E-state index is 13.4. The van der Waals surface area contributed by atoms with Gasteiger partial charge in [0.15, 0.2) is 5.11 Å². The minimum absolute atomic E-state index is 0.295. The van der Waals surface area contributed by atoms with Gasteiger partial charge in [-0.3, -0.25) is 4.98 Å². The second kappa shape index (κ2) is 7.64. The molecule has 0 bridgehead atoms. The van der Waals surface area contributed by atoms with Crippen molar-refractivity contribution in [2.24, 2.45) is 0 Å². The second-order valence-corrected chi connectivity index (χ2v) is 4.84. The zero-order valence-corrected chi connectivity index (χ0v) is 12.6. The van der Waals surface area contributed by atoms with E-state index in [0.29, 0.717) is 23.8 Å². The van der Waals surface area contributed by atoms with Gasteiger partial charge in [0.25, 0.3) is 0 Å². The molecule has 0 atom stereocenters. The van der Waals surface area contributed by atoms with Crippen molar-refractivity contribution in [2.45, 2.75) is 19.8 Å². The van der Waals surface area contributed by atoms with Gasteiger partial charge in [-0.15, -0.1) is 0 Å². The molecule has 0 radical (unpaired) electrons. The quantitative estimate of drug-likeness (QED) is 0.832. The number of hydrogen-bond acceptors (Lipinski definition) is 3. The number of hydrogen-bond donors (Lipinski definition) is 2. The van der Waals surface area contributed by atoms with Crippen molar-refractivity contribution in [1.82, 2.24) is 15.3 Å². The summed E-state index contributed by atoms with van der Waals surface area (Å²) < 4.78 is 13.4. The van der Waals surface area contributed by atoms with Gasteiger partial charge in [0.05, 0.1) is 5.69 Å². The van der Waals surface area contributed by atoms with Gasteiger partial charge in [-0.1, -0.05) is 13.0 Å². The van der Waals surface area contributed by atoms with Crippen molar-refractivity contribution < 1.29 is 4.39 Å². The molecule has 2 rings (SSSR count). The van der Waals surface area contributed by atoms with Gasteiger partial charge >= 0.3 is 0 Å². The number of thiocarbonyl (C=S) groups is 1. The summed E-state index contributed by atoms with van der Waals surface area (Å²) in [5, 5.41) is 6.56. The van der Waals surface area contributed by atoms with Crippen LogP contribution in [-0.4, -0.2) is 21.6 Å². The molecule has 0 aliphatic rings. The summed E-state index contributed by atoms with van der Waals surface area (Å²) in [6, 6.07) is 6.87. The lowest BCUT2D eigenvalue weighted by atomic mass is 10.2. The van der Waals surface area contributed by atoms with Gasteiger partial charge in [-0.25, -0.2) is 9.37 Å². The number of nitrogens with zero attached hydrogens (tertiary/aromatic N) is 2. The summed E-state index contributed by atoms with van der Waals surface area (Å²) >= 11 is 5.22. The topological polar surface area (TPSA) is 49.8 Å². The highest BCUT2D eigenvalue weighted by molar-refractivity contribution is 7.80. The van der Waals surface area contributed by atoms with Crippen LogP contribution in [0, 0.1) is 5.82 Å². The van der Waals surface area contributed by atoms with Crippen molar-refractivity contribution in [2.75, 3.05) is 11.9 Å². The number of nitrogens with one attached hydrogen (secondary N) is 2. The Kier molecular flexibility index (Phi) is 5.57. The van der Waals surface area contributed by atoms with E-state index in [1.807, 2.05) is 12.1 Å². The lowest BCUT2D eigenvalue weighted by molar-refractivity contribution is 0.596. The maximum atomic E-state index is 13.4. The van der Waals surface area contributed by atoms with Gasteiger partial charge in [-0.2, -0.15) is 0 Å². The number of rotatable bonds is 5. The van der Waals surface area contributed by atoms with Crippen LogP contribution < -0.4 is 10.6 Å². The predicted molar refractivity (Wildman–Crippen MR) is 85.7 cm³/mol. The standard InChI is InChI=1S/C15H17FN4S/c1-2-11-5-3-9-18-14(11)20-15(21)19-10-7-13-12(16)6-4-8-17-13/h3-6,8-9H,2,7,10H2,1H3,(H2,18,19,20,21). The molecule has 4 nitrogen and oxygen atoms in total. The van der Waals surface area contributed by atoms with Crippen molar-refractivity contribution in [1.29, 1.82) is 0 Å². The van der Waals surface area contributed by atoms with Crippen molar-refractivity contribution in [3.8, 4) is 0 Å². The highest BCUT2D eigenvalue weighted by Gasteiger charge is 2.05. The Balaban J connectivity index is 1.84. The molecule has 0 aliphatic carbocycles. The van der Waals surface area contributed by atoms with Crippen molar-refractivity contribution in [3.63, 3.8) is 0 Å². The Morgan fingerprint density at radius 2 is 2.00 bits per heavy atom. The van der Waals surface area contributed by atoms with E-state index in [1.54, 1.807) is 18.5 Å². The molecule has 0 aromatic carbocycles. The Hall–Kier alpha value is -2.08. The summed E-state index contributed by atoms with van der Waals surface area (Å²) in [7, 11) is 0. The van der Waals surface area contributed by atoms with Crippen LogP contribution in [0.1, 0.15) is 18.2 Å². The van der Waals surface area contributed by atoms with Gasteiger partial charge in [-0.05, 0) is 42.4 Å². The molecule has 0 saturated heterocycles. The van der Waals surface area contributed by atoms with Crippen LogP contribution in [-0.2, 0) is 12.8 Å². The van der Waals surface area contributed by atoms with Crippen LogP contribution in [0.3, 0.4) is 0 Å². The highest BCUT2D eigenvalue weighted by Crippen LogP contribution is 2.11. The third kappa shape index (κ3) is 4.46. The van der Waals surface area contributed by atoms with Gasteiger partial charge in [0.1, 0.15) is 11.6 Å². The van der Waals surface area contributed by atoms with Crippen molar-refractivity contribution in [3.05, 3.63) is 53.7 Å². The molecule has 0 amide bonds. The molecule has 2 aromatic heterocycles. The fourth-order valence-corrected chi connectivity index (χ4v) is 2.08. The Morgan fingerprint density at radius 1 is 1.24 bits per heavy atom. The fraction of sp³-hybridized carbons (Fsp3) is 0.267. The van der Waals surface area contributed by atoms with Crippen LogP contribution in [0.2, 0.25) is 0 Å². The molecule has 0 spiro atoms. The summed E-state index contributed by atoms with van der Waals surface area (Å²) in [4.78, 5) is 8.25. The largest absolute Gasteiger partial charge is 0.362 e. The molecule has 2 N–H and O–H groups in total. The zero-order chi connectivity index (χ0) is 15.1. The van der Waals surface area contributed by atoms with Crippen LogP contribution in [0.4, 0.5) is 10.2 Å². The van der Waals surface area contributed by atoms with Gasteiger partial charge in [0.2, 0.25) is 0 Å². The summed E-state index contributed by atoms with van der Waals surface area (Å²) in [6.45, 7) is 2.57. The third-order valence-electron chi connectivity index (χ3n) is 2.99. The third-order valence-corrected chi connectivity index (χ3v) is 3.23. The molecule has 6 heteroatoms. The monoisotopic (exact) mass is 304 g/mol. The molecule has 21 heavy (non-hydrogen) atoms. The number of anilines is 1. The molecule has 110 valence electrons. The first-order valence-electron chi connectivity index (χ1n) is 6.79. The molecule has 0 fully saturated rings. The lowest BCUT2D eigenvalue weighted by Gasteiger charge is -2.12. The Morgan fingerprint density at radius 3 is 2.76 bits per heavy atom. The van der Waals surface area contributed by atoms with E-state index in [4.69, 9.17) is 12.2 Å². The highest BCUT2D eigenvalue weighted by atomic mass is 32.1. The average molecular weight is 304 g/mol. The van der Waals surface area contributed by atoms with Gasteiger partial charge in [0, 0.05) is 25.4 Å². The van der Waals surface area contributed by atoms with E-state index in [2.05, 4.69) is 27.5 Å². The smallest absolute Gasteiger partial charge is 0.171 e.